The van der Waals surface area contributed by atoms with Crippen molar-refractivity contribution in [1.82, 2.24) is 9.80 Å². The van der Waals surface area contributed by atoms with E-state index in [2.05, 4.69) is 55.1 Å². The van der Waals surface area contributed by atoms with Gasteiger partial charge in [-0.25, -0.2) is 0 Å². The van der Waals surface area contributed by atoms with Crippen LogP contribution in [-0.2, 0) is 11.2 Å². The Morgan fingerprint density at radius 3 is 2.58 bits per heavy atom. The SMILES string of the molecule is Cc1ccc(CC(=O)C2CN(C)CCCN2C)cc1. The second-order valence-electron chi connectivity index (χ2n) is 5.74. The molecule has 2 rings (SSSR count). The molecule has 0 amide bonds. The van der Waals surface area contributed by atoms with Gasteiger partial charge in [-0.2, -0.15) is 0 Å². The van der Waals surface area contributed by atoms with Crippen molar-refractivity contribution in [3.05, 3.63) is 35.4 Å². The van der Waals surface area contributed by atoms with Gasteiger partial charge in [-0.3, -0.25) is 9.69 Å². The van der Waals surface area contributed by atoms with Gasteiger partial charge in [-0.1, -0.05) is 29.8 Å². The number of carbonyl (C=O) groups excluding carboxylic acids is 1. The number of hydrogen-bond donors (Lipinski definition) is 0. The molecule has 0 N–H and O–H groups in total. The second-order valence-corrected chi connectivity index (χ2v) is 5.74. The largest absolute Gasteiger partial charge is 0.304 e. The molecule has 1 saturated heterocycles. The van der Waals surface area contributed by atoms with E-state index in [1.54, 1.807) is 0 Å². The molecule has 1 unspecified atom stereocenters. The molecule has 0 saturated carbocycles. The van der Waals surface area contributed by atoms with Crippen molar-refractivity contribution in [2.45, 2.75) is 25.8 Å². The Bertz CT molecular complexity index is 427. The zero-order valence-corrected chi connectivity index (χ0v) is 12.2. The first-order chi connectivity index (χ1) is 9.06. The minimum absolute atomic E-state index is 0.0359. The molecule has 0 spiro atoms. The summed E-state index contributed by atoms with van der Waals surface area (Å²) in [4.78, 5) is 17.0. The number of Topliss-reactive ketones (excluding diaryl/α,β-unsaturated/α-hetero) is 1. The molecular weight excluding hydrogens is 236 g/mol. The van der Waals surface area contributed by atoms with Crippen LogP contribution >= 0.6 is 0 Å². The molecule has 104 valence electrons. The number of hydrogen-bond acceptors (Lipinski definition) is 3. The molecule has 0 aliphatic carbocycles. The van der Waals surface area contributed by atoms with E-state index in [0.717, 1.165) is 31.6 Å². The number of likely N-dealkylation sites (N-methyl/N-ethyl adjacent to an activating group) is 2. The van der Waals surface area contributed by atoms with Crippen LogP contribution in [0.25, 0.3) is 0 Å². The molecule has 0 aromatic heterocycles. The maximum Gasteiger partial charge on any atom is 0.155 e. The number of aryl methyl sites for hydroxylation is 1. The van der Waals surface area contributed by atoms with Crippen LogP contribution in [0.1, 0.15) is 17.5 Å². The molecule has 1 aromatic carbocycles. The van der Waals surface area contributed by atoms with E-state index in [1.807, 2.05) is 0 Å². The summed E-state index contributed by atoms with van der Waals surface area (Å²) in [6, 6.07) is 8.31. The number of nitrogens with zero attached hydrogens (tertiary/aromatic N) is 2. The summed E-state index contributed by atoms with van der Waals surface area (Å²) in [6.45, 7) is 5.01. The third-order valence-electron chi connectivity index (χ3n) is 3.94. The maximum absolute atomic E-state index is 12.5. The van der Waals surface area contributed by atoms with Crippen LogP contribution in [0.2, 0.25) is 0 Å². The summed E-state index contributed by atoms with van der Waals surface area (Å²) in [5, 5.41) is 0. The number of ketones is 1. The van der Waals surface area contributed by atoms with Gasteiger partial charge in [0.1, 0.15) is 0 Å². The van der Waals surface area contributed by atoms with Gasteiger partial charge in [-0.15, -0.1) is 0 Å². The zero-order valence-electron chi connectivity index (χ0n) is 12.2. The molecular formula is C16H24N2O. The molecule has 3 nitrogen and oxygen atoms in total. The predicted octanol–water partition coefficient (Wildman–Crippen LogP) is 1.74. The lowest BCUT2D eigenvalue weighted by atomic mass is 10.0. The highest BCUT2D eigenvalue weighted by Crippen LogP contribution is 2.11. The van der Waals surface area contributed by atoms with Gasteiger partial charge in [0, 0.05) is 13.0 Å². The Hall–Kier alpha value is -1.19. The molecule has 1 fully saturated rings. The fourth-order valence-corrected chi connectivity index (χ4v) is 2.64. The summed E-state index contributed by atoms with van der Waals surface area (Å²) in [7, 11) is 4.17. The van der Waals surface area contributed by atoms with Crippen molar-refractivity contribution in [3.8, 4) is 0 Å². The van der Waals surface area contributed by atoms with E-state index in [1.165, 1.54) is 5.56 Å². The van der Waals surface area contributed by atoms with Gasteiger partial charge in [0.2, 0.25) is 0 Å². The van der Waals surface area contributed by atoms with Crippen LogP contribution in [0.3, 0.4) is 0 Å². The fraction of sp³-hybridized carbons (Fsp3) is 0.562. The summed E-state index contributed by atoms with van der Waals surface area (Å²) >= 11 is 0. The van der Waals surface area contributed by atoms with E-state index >= 15 is 0 Å². The van der Waals surface area contributed by atoms with E-state index in [4.69, 9.17) is 0 Å². The number of benzene rings is 1. The predicted molar refractivity (Wildman–Crippen MR) is 78.4 cm³/mol. The molecule has 1 aliphatic heterocycles. The lowest BCUT2D eigenvalue weighted by Crippen LogP contribution is -2.44. The first kappa shape index (κ1) is 14.2. The smallest absolute Gasteiger partial charge is 0.155 e. The first-order valence-electron chi connectivity index (χ1n) is 7.03. The van der Waals surface area contributed by atoms with Crippen LogP contribution in [-0.4, -0.2) is 55.4 Å². The van der Waals surface area contributed by atoms with Crippen molar-refractivity contribution in [1.29, 1.82) is 0 Å². The molecule has 3 heteroatoms. The quantitative estimate of drug-likeness (QED) is 0.827. The lowest BCUT2D eigenvalue weighted by molar-refractivity contribution is -0.123. The van der Waals surface area contributed by atoms with Gasteiger partial charge in [0.15, 0.2) is 5.78 Å². The highest BCUT2D eigenvalue weighted by molar-refractivity contribution is 5.86. The van der Waals surface area contributed by atoms with Gasteiger partial charge >= 0.3 is 0 Å². The maximum atomic E-state index is 12.5. The normalized spacial score (nSPS) is 22.2. The van der Waals surface area contributed by atoms with Gasteiger partial charge in [0.05, 0.1) is 6.04 Å². The van der Waals surface area contributed by atoms with Crippen molar-refractivity contribution in [3.63, 3.8) is 0 Å². The second kappa shape index (κ2) is 6.31. The molecule has 1 aromatic rings. The van der Waals surface area contributed by atoms with Crippen molar-refractivity contribution >= 4 is 5.78 Å². The first-order valence-corrected chi connectivity index (χ1v) is 7.03. The number of rotatable bonds is 3. The van der Waals surface area contributed by atoms with E-state index in [-0.39, 0.29) is 6.04 Å². The summed E-state index contributed by atoms with van der Waals surface area (Å²) in [6.07, 6.45) is 1.68. The van der Waals surface area contributed by atoms with Gasteiger partial charge in [0.25, 0.3) is 0 Å². The van der Waals surface area contributed by atoms with Crippen molar-refractivity contribution in [2.75, 3.05) is 33.7 Å². The average Bonchev–Trinajstić information content (AvgIpc) is 2.54. The Morgan fingerprint density at radius 2 is 1.89 bits per heavy atom. The molecule has 0 bridgehead atoms. The third-order valence-corrected chi connectivity index (χ3v) is 3.94. The standard InChI is InChI=1S/C16H24N2O/c1-13-5-7-14(8-6-13)11-16(19)15-12-17(2)9-4-10-18(15)3/h5-8,15H,4,9-12H2,1-3H3. The molecule has 1 aliphatic rings. The van der Waals surface area contributed by atoms with Crippen LogP contribution in [0.4, 0.5) is 0 Å². The van der Waals surface area contributed by atoms with E-state index in [0.29, 0.717) is 12.2 Å². The van der Waals surface area contributed by atoms with E-state index < -0.39 is 0 Å². The lowest BCUT2D eigenvalue weighted by Gasteiger charge is -2.26. The zero-order chi connectivity index (χ0) is 13.8. The minimum atomic E-state index is 0.0359. The molecule has 1 atom stereocenters. The number of carbonyl (C=O) groups is 1. The Morgan fingerprint density at radius 1 is 1.21 bits per heavy atom. The molecule has 19 heavy (non-hydrogen) atoms. The van der Waals surface area contributed by atoms with Gasteiger partial charge < -0.3 is 4.90 Å². The Labute approximate surface area is 116 Å². The summed E-state index contributed by atoms with van der Waals surface area (Å²) in [5.41, 5.74) is 2.36. The summed E-state index contributed by atoms with van der Waals surface area (Å²) < 4.78 is 0. The summed E-state index contributed by atoms with van der Waals surface area (Å²) in [5.74, 6) is 0.333. The Balaban J connectivity index is 2.03. The minimum Gasteiger partial charge on any atom is -0.304 e. The van der Waals surface area contributed by atoms with Crippen molar-refractivity contribution in [2.24, 2.45) is 0 Å². The highest BCUT2D eigenvalue weighted by atomic mass is 16.1. The fourth-order valence-electron chi connectivity index (χ4n) is 2.64. The average molecular weight is 260 g/mol. The highest BCUT2D eigenvalue weighted by Gasteiger charge is 2.26. The molecule has 1 heterocycles. The third kappa shape index (κ3) is 3.88. The van der Waals surface area contributed by atoms with Gasteiger partial charge in [-0.05, 0) is 46.1 Å². The van der Waals surface area contributed by atoms with Crippen LogP contribution in [0.15, 0.2) is 24.3 Å². The van der Waals surface area contributed by atoms with Crippen LogP contribution in [0, 0.1) is 6.92 Å². The monoisotopic (exact) mass is 260 g/mol. The Kier molecular flexibility index (Phi) is 4.72. The van der Waals surface area contributed by atoms with E-state index in [9.17, 15) is 4.79 Å². The van der Waals surface area contributed by atoms with Crippen molar-refractivity contribution < 1.29 is 4.79 Å². The topological polar surface area (TPSA) is 23.6 Å². The van der Waals surface area contributed by atoms with Crippen LogP contribution < -0.4 is 0 Å². The van der Waals surface area contributed by atoms with Crippen LogP contribution in [0.5, 0.6) is 0 Å². The molecule has 0 radical (unpaired) electrons.